The number of ether oxygens (including phenoxy) is 1. The number of hydrogen-bond donors (Lipinski definition) is 2. The van der Waals surface area contributed by atoms with Crippen LogP contribution in [0.4, 0.5) is 5.82 Å². The van der Waals surface area contributed by atoms with Gasteiger partial charge in [-0.15, -0.1) is 0 Å². The SMILES string of the molecule is CCOC(=O)c1cccnc1NC(=S)NC12CC3CC(CC(C3)C1)C2. The Labute approximate surface area is 153 Å². The molecule has 1 heterocycles. The fraction of sp³-hybridized carbons (Fsp3) is 0.632. The van der Waals surface area contributed by atoms with E-state index in [-0.39, 0.29) is 11.5 Å². The standard InChI is InChI=1S/C19H25N3O2S/c1-2-24-17(23)15-4-3-5-20-16(15)21-18(25)22-19-9-12-6-13(10-19)8-14(7-12)11-19/h3-5,12-14H,2,6-11H2,1H3,(H2,20,21,22,25). The van der Waals surface area contributed by atoms with Crippen LogP contribution in [0.15, 0.2) is 18.3 Å². The topological polar surface area (TPSA) is 63.2 Å². The Bertz CT molecular complexity index is 656. The Kier molecular flexibility index (Phi) is 4.40. The first-order chi connectivity index (χ1) is 12.1. The summed E-state index contributed by atoms with van der Waals surface area (Å²) < 4.78 is 5.10. The van der Waals surface area contributed by atoms with Gasteiger partial charge in [0.2, 0.25) is 0 Å². The van der Waals surface area contributed by atoms with Gasteiger partial charge in [0.15, 0.2) is 5.11 Å². The lowest BCUT2D eigenvalue weighted by molar-refractivity contribution is -0.00972. The van der Waals surface area contributed by atoms with E-state index in [1.807, 2.05) is 0 Å². The van der Waals surface area contributed by atoms with Crippen molar-refractivity contribution in [3.63, 3.8) is 0 Å². The van der Waals surface area contributed by atoms with Crippen molar-refractivity contribution in [3.8, 4) is 0 Å². The van der Waals surface area contributed by atoms with E-state index in [0.717, 1.165) is 17.8 Å². The largest absolute Gasteiger partial charge is 0.462 e. The molecule has 1 aromatic rings. The molecule has 0 spiro atoms. The number of nitrogens with one attached hydrogen (secondary N) is 2. The van der Waals surface area contributed by atoms with Crippen molar-refractivity contribution in [3.05, 3.63) is 23.9 Å². The summed E-state index contributed by atoms with van der Waals surface area (Å²) in [5.74, 6) is 2.64. The van der Waals surface area contributed by atoms with Crippen molar-refractivity contribution < 1.29 is 9.53 Å². The van der Waals surface area contributed by atoms with Gasteiger partial charge in [-0.25, -0.2) is 9.78 Å². The summed E-state index contributed by atoms with van der Waals surface area (Å²) >= 11 is 5.57. The fourth-order valence-electron chi connectivity index (χ4n) is 5.52. The summed E-state index contributed by atoms with van der Waals surface area (Å²) in [5, 5.41) is 7.29. The molecule has 134 valence electrons. The van der Waals surface area contributed by atoms with E-state index in [0.29, 0.717) is 23.1 Å². The van der Waals surface area contributed by atoms with Crippen LogP contribution in [0.25, 0.3) is 0 Å². The van der Waals surface area contributed by atoms with Crippen LogP contribution in [0.5, 0.6) is 0 Å². The second-order valence-corrected chi connectivity index (χ2v) is 8.31. The van der Waals surface area contributed by atoms with Crippen molar-refractivity contribution >= 4 is 29.1 Å². The third-order valence-electron chi connectivity index (χ3n) is 5.95. The summed E-state index contributed by atoms with van der Waals surface area (Å²) in [6.45, 7) is 2.13. The molecule has 5 rings (SSSR count). The zero-order chi connectivity index (χ0) is 17.4. The van der Waals surface area contributed by atoms with E-state index in [1.165, 1.54) is 38.5 Å². The smallest absolute Gasteiger partial charge is 0.341 e. The number of esters is 1. The Morgan fingerprint density at radius 1 is 1.28 bits per heavy atom. The summed E-state index contributed by atoms with van der Waals surface area (Å²) in [7, 11) is 0. The number of thiocarbonyl (C=S) groups is 1. The highest BCUT2D eigenvalue weighted by Gasteiger charge is 2.51. The van der Waals surface area contributed by atoms with Crippen molar-refractivity contribution in [2.75, 3.05) is 11.9 Å². The minimum absolute atomic E-state index is 0.137. The number of anilines is 1. The molecule has 0 unspecified atom stereocenters. The molecule has 2 N–H and O–H groups in total. The van der Waals surface area contributed by atoms with Gasteiger partial charge in [0.1, 0.15) is 11.4 Å². The fourth-order valence-corrected chi connectivity index (χ4v) is 5.84. The van der Waals surface area contributed by atoms with Gasteiger partial charge in [-0.3, -0.25) is 0 Å². The first-order valence-electron chi connectivity index (χ1n) is 9.28. The molecule has 4 saturated carbocycles. The summed E-state index contributed by atoms with van der Waals surface area (Å²) in [6, 6.07) is 3.44. The molecule has 4 aliphatic carbocycles. The number of aromatic nitrogens is 1. The van der Waals surface area contributed by atoms with Crippen LogP contribution in [-0.2, 0) is 4.74 Å². The number of pyridine rings is 1. The highest BCUT2D eigenvalue weighted by atomic mass is 32.1. The number of carbonyl (C=O) groups excluding carboxylic acids is 1. The molecule has 0 atom stereocenters. The zero-order valence-electron chi connectivity index (χ0n) is 14.6. The molecular formula is C19H25N3O2S. The second-order valence-electron chi connectivity index (χ2n) is 7.90. The van der Waals surface area contributed by atoms with Crippen molar-refractivity contribution in [2.45, 2.75) is 51.0 Å². The molecule has 0 aromatic carbocycles. The normalized spacial score (nSPS) is 32.3. The van der Waals surface area contributed by atoms with Gasteiger partial charge in [-0.05, 0) is 87.6 Å². The molecule has 4 aliphatic rings. The molecule has 1 aromatic heterocycles. The molecule has 4 fully saturated rings. The number of rotatable bonds is 4. The average molecular weight is 359 g/mol. The summed E-state index contributed by atoms with van der Waals surface area (Å²) in [6.07, 6.45) is 9.49. The van der Waals surface area contributed by atoms with E-state index in [2.05, 4.69) is 15.6 Å². The predicted octanol–water partition coefficient (Wildman–Crippen LogP) is 3.51. The van der Waals surface area contributed by atoms with E-state index < -0.39 is 0 Å². The van der Waals surface area contributed by atoms with Crippen molar-refractivity contribution in [1.82, 2.24) is 10.3 Å². The van der Waals surface area contributed by atoms with E-state index >= 15 is 0 Å². The molecule has 25 heavy (non-hydrogen) atoms. The Morgan fingerprint density at radius 2 is 1.92 bits per heavy atom. The number of nitrogens with zero attached hydrogens (tertiary/aromatic N) is 1. The molecule has 4 bridgehead atoms. The molecule has 0 radical (unpaired) electrons. The summed E-state index contributed by atoms with van der Waals surface area (Å²) in [5.41, 5.74) is 0.552. The second kappa shape index (κ2) is 6.56. The van der Waals surface area contributed by atoms with Gasteiger partial charge in [-0.2, -0.15) is 0 Å². The van der Waals surface area contributed by atoms with E-state index in [9.17, 15) is 4.79 Å². The Morgan fingerprint density at radius 3 is 2.52 bits per heavy atom. The molecule has 0 amide bonds. The molecule has 6 heteroatoms. The Balaban J connectivity index is 1.46. The highest BCUT2D eigenvalue weighted by molar-refractivity contribution is 7.80. The number of carbonyl (C=O) groups is 1. The first-order valence-corrected chi connectivity index (χ1v) is 9.69. The van der Waals surface area contributed by atoms with Crippen LogP contribution < -0.4 is 10.6 Å². The van der Waals surface area contributed by atoms with Gasteiger partial charge >= 0.3 is 5.97 Å². The quantitative estimate of drug-likeness (QED) is 0.634. The minimum atomic E-state index is -0.379. The maximum Gasteiger partial charge on any atom is 0.341 e. The van der Waals surface area contributed by atoms with Crippen LogP contribution in [0.3, 0.4) is 0 Å². The molecule has 0 saturated heterocycles. The first kappa shape index (κ1) is 16.8. The zero-order valence-corrected chi connectivity index (χ0v) is 15.4. The Hall–Kier alpha value is -1.69. The summed E-state index contributed by atoms with van der Waals surface area (Å²) in [4.78, 5) is 16.4. The van der Waals surface area contributed by atoms with Crippen LogP contribution in [0, 0.1) is 17.8 Å². The third kappa shape index (κ3) is 3.36. The molecule has 5 nitrogen and oxygen atoms in total. The van der Waals surface area contributed by atoms with Crippen LogP contribution in [-0.4, -0.2) is 28.2 Å². The van der Waals surface area contributed by atoms with Crippen LogP contribution in [0.2, 0.25) is 0 Å². The molecular weight excluding hydrogens is 334 g/mol. The lowest BCUT2D eigenvalue weighted by Crippen LogP contribution is -2.60. The highest BCUT2D eigenvalue weighted by Crippen LogP contribution is 2.55. The van der Waals surface area contributed by atoms with Crippen LogP contribution >= 0.6 is 12.2 Å². The van der Waals surface area contributed by atoms with Gasteiger partial charge in [-0.1, -0.05) is 0 Å². The van der Waals surface area contributed by atoms with Gasteiger partial charge in [0, 0.05) is 11.7 Å². The van der Waals surface area contributed by atoms with Crippen molar-refractivity contribution in [1.29, 1.82) is 0 Å². The van der Waals surface area contributed by atoms with Gasteiger partial charge in [0.05, 0.1) is 6.61 Å². The lowest BCUT2D eigenvalue weighted by Gasteiger charge is -2.57. The monoisotopic (exact) mass is 359 g/mol. The molecule has 0 aliphatic heterocycles. The predicted molar refractivity (Wildman–Crippen MR) is 100 cm³/mol. The maximum atomic E-state index is 12.1. The maximum absolute atomic E-state index is 12.1. The van der Waals surface area contributed by atoms with Gasteiger partial charge < -0.3 is 15.4 Å². The lowest BCUT2D eigenvalue weighted by atomic mass is 9.53. The van der Waals surface area contributed by atoms with E-state index in [1.54, 1.807) is 25.3 Å². The number of hydrogen-bond acceptors (Lipinski definition) is 4. The van der Waals surface area contributed by atoms with Gasteiger partial charge in [0.25, 0.3) is 0 Å². The minimum Gasteiger partial charge on any atom is -0.462 e. The average Bonchev–Trinajstić information content (AvgIpc) is 2.53. The third-order valence-corrected chi connectivity index (χ3v) is 6.16. The van der Waals surface area contributed by atoms with Crippen molar-refractivity contribution in [2.24, 2.45) is 17.8 Å². The van der Waals surface area contributed by atoms with Crippen LogP contribution in [0.1, 0.15) is 55.8 Å². The van der Waals surface area contributed by atoms with E-state index in [4.69, 9.17) is 17.0 Å².